The third-order valence-electron chi connectivity index (χ3n) is 7.81. The topological polar surface area (TPSA) is 17.8 Å². The van der Waals surface area contributed by atoms with Crippen LogP contribution < -0.4 is 0 Å². The zero-order valence-electron chi connectivity index (χ0n) is 19.5. The van der Waals surface area contributed by atoms with Crippen LogP contribution in [-0.2, 0) is 5.41 Å². The number of rotatable bonds is 1. The van der Waals surface area contributed by atoms with Gasteiger partial charge in [-0.25, -0.2) is 4.98 Å². The van der Waals surface area contributed by atoms with Crippen LogP contribution in [0.4, 0.5) is 0 Å². The number of nitrogens with zero attached hydrogens (tertiary/aromatic N) is 2. The number of thiophene rings is 1. The molecule has 8 rings (SSSR count). The van der Waals surface area contributed by atoms with Gasteiger partial charge in [-0.05, 0) is 41.0 Å². The lowest BCUT2D eigenvalue weighted by Crippen LogP contribution is -2.16. The van der Waals surface area contributed by atoms with E-state index in [1.165, 1.54) is 64.2 Å². The van der Waals surface area contributed by atoms with Crippen molar-refractivity contribution in [2.45, 2.75) is 19.3 Å². The van der Waals surface area contributed by atoms with E-state index in [0.29, 0.717) is 0 Å². The molecule has 0 fully saturated rings. The minimum absolute atomic E-state index is 0.130. The molecule has 0 radical (unpaired) electrons. The molecule has 166 valence electrons. The van der Waals surface area contributed by atoms with Crippen molar-refractivity contribution in [3.05, 3.63) is 108 Å². The van der Waals surface area contributed by atoms with Crippen LogP contribution >= 0.6 is 11.3 Å². The van der Waals surface area contributed by atoms with Gasteiger partial charge in [0.15, 0.2) is 0 Å². The standard InChI is InChI=1S/C32H22N2S/c1-32(2)22-14-6-3-11-19(22)28-29(32)30-26(27-21-13-5-8-16-24(21)35-31(27)28)20-12-4-7-15-23(20)34(30)25-17-9-10-18-33-25/h3-18H,1-2H3. The number of fused-ring (bicyclic) bond motifs is 12. The number of aromatic nitrogens is 2. The summed E-state index contributed by atoms with van der Waals surface area (Å²) in [7, 11) is 0. The van der Waals surface area contributed by atoms with Gasteiger partial charge in [-0.15, -0.1) is 11.3 Å². The lowest BCUT2D eigenvalue weighted by atomic mass is 9.81. The molecule has 0 amide bonds. The van der Waals surface area contributed by atoms with E-state index < -0.39 is 0 Å². The zero-order chi connectivity index (χ0) is 23.3. The van der Waals surface area contributed by atoms with E-state index >= 15 is 0 Å². The zero-order valence-corrected chi connectivity index (χ0v) is 20.4. The molecule has 2 nitrogen and oxygen atoms in total. The molecule has 0 atom stereocenters. The van der Waals surface area contributed by atoms with Crippen molar-refractivity contribution in [2.24, 2.45) is 0 Å². The molecule has 3 heteroatoms. The highest BCUT2D eigenvalue weighted by Gasteiger charge is 2.41. The largest absolute Gasteiger partial charge is 0.293 e. The molecule has 1 aliphatic rings. The van der Waals surface area contributed by atoms with Crippen molar-refractivity contribution in [2.75, 3.05) is 0 Å². The van der Waals surface area contributed by atoms with Gasteiger partial charge < -0.3 is 0 Å². The lowest BCUT2D eigenvalue weighted by Gasteiger charge is -2.23. The fraction of sp³-hybridized carbons (Fsp3) is 0.0938. The summed E-state index contributed by atoms with van der Waals surface area (Å²) >= 11 is 1.93. The summed E-state index contributed by atoms with van der Waals surface area (Å²) in [6.45, 7) is 4.77. The molecule has 3 aromatic heterocycles. The van der Waals surface area contributed by atoms with Crippen LogP contribution in [0.25, 0.3) is 58.9 Å². The Kier molecular flexibility index (Phi) is 3.64. The molecule has 7 aromatic rings. The van der Waals surface area contributed by atoms with Gasteiger partial charge in [-0.2, -0.15) is 0 Å². The van der Waals surface area contributed by atoms with E-state index in [9.17, 15) is 0 Å². The first-order chi connectivity index (χ1) is 17.2. The normalized spacial score (nSPS) is 14.2. The average molecular weight is 467 g/mol. The van der Waals surface area contributed by atoms with Crippen molar-refractivity contribution in [3.8, 4) is 16.9 Å². The van der Waals surface area contributed by atoms with Crippen LogP contribution in [0, 0.1) is 0 Å². The smallest absolute Gasteiger partial charge is 0.137 e. The van der Waals surface area contributed by atoms with Gasteiger partial charge in [-0.1, -0.05) is 80.6 Å². The summed E-state index contributed by atoms with van der Waals surface area (Å²) < 4.78 is 5.15. The van der Waals surface area contributed by atoms with Crippen LogP contribution in [0.15, 0.2) is 97.2 Å². The Hall–Kier alpha value is -3.95. The second kappa shape index (κ2) is 6.59. The minimum atomic E-state index is -0.130. The Balaban J connectivity index is 1.76. The average Bonchev–Trinajstić information content (AvgIpc) is 3.51. The van der Waals surface area contributed by atoms with Crippen LogP contribution in [0.3, 0.4) is 0 Å². The van der Waals surface area contributed by atoms with Gasteiger partial charge in [0.05, 0.1) is 11.0 Å². The Morgan fingerprint density at radius 1 is 0.743 bits per heavy atom. The van der Waals surface area contributed by atoms with E-state index in [1.807, 2.05) is 23.6 Å². The molecule has 1 aliphatic carbocycles. The van der Waals surface area contributed by atoms with Gasteiger partial charge in [0, 0.05) is 48.1 Å². The van der Waals surface area contributed by atoms with Crippen molar-refractivity contribution in [3.63, 3.8) is 0 Å². The minimum Gasteiger partial charge on any atom is -0.293 e. The lowest BCUT2D eigenvalue weighted by molar-refractivity contribution is 0.664. The molecule has 0 bridgehead atoms. The monoisotopic (exact) mass is 466 g/mol. The molecule has 0 spiro atoms. The molecule has 0 saturated heterocycles. The fourth-order valence-corrected chi connectivity index (χ4v) is 7.68. The van der Waals surface area contributed by atoms with Crippen LogP contribution in [0.2, 0.25) is 0 Å². The van der Waals surface area contributed by atoms with E-state index in [-0.39, 0.29) is 5.41 Å². The summed E-state index contributed by atoms with van der Waals surface area (Å²) in [6.07, 6.45) is 1.90. The predicted octanol–water partition coefficient (Wildman–Crippen LogP) is 8.85. The summed E-state index contributed by atoms with van der Waals surface area (Å²) in [4.78, 5) is 4.84. The fourth-order valence-electron chi connectivity index (χ4n) is 6.40. The molecular weight excluding hydrogens is 444 g/mol. The van der Waals surface area contributed by atoms with E-state index in [2.05, 4.69) is 103 Å². The highest BCUT2D eigenvalue weighted by molar-refractivity contribution is 7.26. The maximum atomic E-state index is 4.84. The quantitative estimate of drug-likeness (QED) is 0.236. The van der Waals surface area contributed by atoms with Crippen LogP contribution in [-0.4, -0.2) is 9.55 Å². The van der Waals surface area contributed by atoms with E-state index in [0.717, 1.165) is 5.82 Å². The first-order valence-electron chi connectivity index (χ1n) is 12.1. The number of hydrogen-bond acceptors (Lipinski definition) is 2. The molecule has 0 saturated carbocycles. The second-order valence-electron chi connectivity index (χ2n) is 9.99. The Morgan fingerprint density at radius 2 is 1.49 bits per heavy atom. The number of para-hydroxylation sites is 1. The van der Waals surface area contributed by atoms with Crippen molar-refractivity contribution in [1.29, 1.82) is 0 Å². The maximum absolute atomic E-state index is 4.84. The van der Waals surface area contributed by atoms with Gasteiger partial charge in [-0.3, -0.25) is 4.57 Å². The van der Waals surface area contributed by atoms with Crippen molar-refractivity contribution < 1.29 is 0 Å². The maximum Gasteiger partial charge on any atom is 0.137 e. The molecule has 35 heavy (non-hydrogen) atoms. The Labute approximate surface area is 207 Å². The second-order valence-corrected chi connectivity index (χ2v) is 11.0. The summed E-state index contributed by atoms with van der Waals surface area (Å²) in [6, 6.07) is 32.9. The summed E-state index contributed by atoms with van der Waals surface area (Å²) in [5.41, 5.74) is 7.94. The first-order valence-corrected chi connectivity index (χ1v) is 12.9. The molecule has 0 unspecified atom stereocenters. The SMILES string of the molecule is CC1(C)c2ccccc2-c2c1c1c(c3ccccc3n1-c1ccccn1)c1c2sc2ccccc21. The summed E-state index contributed by atoms with van der Waals surface area (Å²) in [5, 5.41) is 5.35. The molecule has 0 aliphatic heterocycles. The first kappa shape index (κ1) is 19.4. The highest BCUT2D eigenvalue weighted by Crippen LogP contribution is 2.58. The number of pyridine rings is 1. The third-order valence-corrected chi connectivity index (χ3v) is 9.00. The van der Waals surface area contributed by atoms with Gasteiger partial charge in [0.25, 0.3) is 0 Å². The predicted molar refractivity (Wildman–Crippen MR) is 149 cm³/mol. The van der Waals surface area contributed by atoms with Crippen LogP contribution in [0.5, 0.6) is 0 Å². The van der Waals surface area contributed by atoms with E-state index in [4.69, 9.17) is 4.98 Å². The third kappa shape index (κ3) is 2.32. The Morgan fingerprint density at radius 3 is 2.34 bits per heavy atom. The van der Waals surface area contributed by atoms with Crippen molar-refractivity contribution >= 4 is 53.3 Å². The Bertz CT molecular complexity index is 1970. The highest BCUT2D eigenvalue weighted by atomic mass is 32.1. The molecule has 4 aromatic carbocycles. The van der Waals surface area contributed by atoms with E-state index in [1.54, 1.807) is 0 Å². The number of benzene rings is 4. The van der Waals surface area contributed by atoms with Gasteiger partial charge in [0.2, 0.25) is 0 Å². The molecular formula is C32H22N2S. The number of hydrogen-bond donors (Lipinski definition) is 0. The van der Waals surface area contributed by atoms with Crippen molar-refractivity contribution in [1.82, 2.24) is 9.55 Å². The molecule has 3 heterocycles. The molecule has 0 N–H and O–H groups in total. The van der Waals surface area contributed by atoms with Crippen LogP contribution in [0.1, 0.15) is 25.0 Å². The summed E-state index contributed by atoms with van der Waals surface area (Å²) in [5.74, 6) is 0.964. The van der Waals surface area contributed by atoms with Gasteiger partial charge >= 0.3 is 0 Å². The van der Waals surface area contributed by atoms with Gasteiger partial charge in [0.1, 0.15) is 5.82 Å².